The zero-order valence-electron chi connectivity index (χ0n) is 11.1. The smallest absolute Gasteiger partial charge is 0.224 e. The highest BCUT2D eigenvalue weighted by atomic mass is 79.9. The number of alkyl halides is 1. The molecule has 2 aromatic rings. The van der Waals surface area contributed by atoms with Crippen molar-refractivity contribution in [2.75, 3.05) is 0 Å². The first-order chi connectivity index (χ1) is 9.01. The monoisotopic (exact) mass is 339 g/mol. The van der Waals surface area contributed by atoms with E-state index in [9.17, 15) is 0 Å². The summed E-state index contributed by atoms with van der Waals surface area (Å²) in [4.78, 5) is 4.44. The van der Waals surface area contributed by atoms with Gasteiger partial charge in [0, 0.05) is 11.3 Å². The van der Waals surface area contributed by atoms with Crippen LogP contribution in [-0.4, -0.2) is 4.98 Å². The Morgan fingerprint density at radius 2 is 1.95 bits per heavy atom. The zero-order chi connectivity index (χ0) is 14.0. The van der Waals surface area contributed by atoms with Crippen molar-refractivity contribution in [3.05, 3.63) is 51.1 Å². The maximum atomic E-state index is 5.99. The number of hydrogen-bond acceptors (Lipinski definition) is 2. The molecule has 0 unspecified atom stereocenters. The van der Waals surface area contributed by atoms with Crippen LogP contribution in [0.15, 0.2) is 28.7 Å². The van der Waals surface area contributed by atoms with Gasteiger partial charge in [-0.25, -0.2) is 4.98 Å². The summed E-state index contributed by atoms with van der Waals surface area (Å²) in [6, 6.07) is 7.95. The van der Waals surface area contributed by atoms with E-state index >= 15 is 0 Å². The second kappa shape index (κ2) is 5.93. The Balaban J connectivity index is 2.42. The van der Waals surface area contributed by atoms with Crippen molar-refractivity contribution >= 4 is 27.5 Å². The van der Waals surface area contributed by atoms with Gasteiger partial charge in [-0.2, -0.15) is 0 Å². The molecule has 2 rings (SSSR count). The van der Waals surface area contributed by atoms with E-state index in [1.54, 1.807) is 0 Å². The third-order valence-corrected chi connectivity index (χ3v) is 3.75. The van der Waals surface area contributed by atoms with E-state index in [0.29, 0.717) is 11.8 Å². The molecule has 0 saturated heterocycles. The van der Waals surface area contributed by atoms with Gasteiger partial charge in [-0.3, -0.25) is 0 Å². The molecular weight excluding hydrogens is 326 g/mol. The van der Waals surface area contributed by atoms with Crippen molar-refractivity contribution in [1.29, 1.82) is 0 Å². The number of ether oxygens (including phenoxy) is 1. The fourth-order valence-electron chi connectivity index (χ4n) is 1.87. The summed E-state index contributed by atoms with van der Waals surface area (Å²) in [6.07, 6.45) is 0. The lowest BCUT2D eigenvalue weighted by Gasteiger charge is -2.13. The lowest BCUT2D eigenvalue weighted by Crippen LogP contribution is -1.98. The minimum Gasteiger partial charge on any atom is -0.437 e. The molecule has 19 heavy (non-hydrogen) atoms. The van der Waals surface area contributed by atoms with Crippen LogP contribution in [-0.2, 0) is 5.88 Å². The summed E-state index contributed by atoms with van der Waals surface area (Å²) in [5.74, 6) is 1.71. The third kappa shape index (κ3) is 3.28. The van der Waals surface area contributed by atoms with Gasteiger partial charge in [0.15, 0.2) is 0 Å². The quantitative estimate of drug-likeness (QED) is 0.707. The number of pyridine rings is 1. The maximum absolute atomic E-state index is 5.99. The fourth-order valence-corrected chi connectivity index (χ4v) is 2.77. The second-order valence-corrected chi connectivity index (χ2v) is 5.66. The van der Waals surface area contributed by atoms with Gasteiger partial charge in [-0.05, 0) is 66.0 Å². The minimum atomic E-state index is 0.387. The number of aromatic nitrogens is 1. The molecule has 2 nitrogen and oxygen atoms in total. The standard InChI is InChI=1S/C15H15BrClNO/c1-9-4-5-14(13(16)6-9)19-15-12(8-17)10(2)7-11(3)18-15/h4-7H,8H2,1-3H3. The predicted octanol–water partition coefficient (Wildman–Crippen LogP) is 5.30. The van der Waals surface area contributed by atoms with E-state index in [-0.39, 0.29) is 0 Å². The molecule has 0 bridgehead atoms. The molecule has 0 saturated carbocycles. The van der Waals surface area contributed by atoms with E-state index in [2.05, 4.69) is 20.9 Å². The van der Waals surface area contributed by atoms with Gasteiger partial charge in [0.25, 0.3) is 0 Å². The topological polar surface area (TPSA) is 22.1 Å². The Hall–Kier alpha value is -1.06. The highest BCUT2D eigenvalue weighted by molar-refractivity contribution is 9.10. The second-order valence-electron chi connectivity index (χ2n) is 4.53. The van der Waals surface area contributed by atoms with Gasteiger partial charge in [0.2, 0.25) is 5.88 Å². The van der Waals surface area contributed by atoms with E-state index in [4.69, 9.17) is 16.3 Å². The molecule has 1 aromatic heterocycles. The van der Waals surface area contributed by atoms with Gasteiger partial charge < -0.3 is 4.74 Å². The van der Waals surface area contributed by atoms with Crippen molar-refractivity contribution in [3.63, 3.8) is 0 Å². The van der Waals surface area contributed by atoms with E-state index < -0.39 is 0 Å². The SMILES string of the molecule is Cc1ccc(Oc2nc(C)cc(C)c2CCl)c(Br)c1. The van der Waals surface area contributed by atoms with Crippen LogP contribution in [0.25, 0.3) is 0 Å². The maximum Gasteiger partial charge on any atom is 0.224 e. The first kappa shape index (κ1) is 14.4. The summed E-state index contributed by atoms with van der Waals surface area (Å²) in [5.41, 5.74) is 4.12. The van der Waals surface area contributed by atoms with Crippen LogP contribution in [0.1, 0.15) is 22.4 Å². The van der Waals surface area contributed by atoms with E-state index in [0.717, 1.165) is 27.0 Å². The Labute approximate surface area is 126 Å². The van der Waals surface area contributed by atoms with Crippen LogP contribution in [0.4, 0.5) is 0 Å². The number of halogens is 2. The largest absolute Gasteiger partial charge is 0.437 e. The molecule has 0 aliphatic rings. The van der Waals surface area contributed by atoms with Crippen LogP contribution < -0.4 is 4.74 Å². The van der Waals surface area contributed by atoms with Gasteiger partial charge in [0.1, 0.15) is 5.75 Å². The highest BCUT2D eigenvalue weighted by Gasteiger charge is 2.12. The zero-order valence-corrected chi connectivity index (χ0v) is 13.5. The molecule has 0 aliphatic carbocycles. The molecule has 0 N–H and O–H groups in total. The van der Waals surface area contributed by atoms with Crippen LogP contribution in [0.3, 0.4) is 0 Å². The molecular formula is C15H15BrClNO. The summed E-state index contributed by atoms with van der Waals surface area (Å²) >= 11 is 9.49. The van der Waals surface area contributed by atoms with Crippen LogP contribution in [0, 0.1) is 20.8 Å². The van der Waals surface area contributed by atoms with Crippen LogP contribution in [0.2, 0.25) is 0 Å². The Kier molecular flexibility index (Phi) is 4.48. The van der Waals surface area contributed by atoms with Crippen molar-refractivity contribution in [1.82, 2.24) is 4.98 Å². The van der Waals surface area contributed by atoms with Crippen molar-refractivity contribution < 1.29 is 4.74 Å². The lowest BCUT2D eigenvalue weighted by atomic mass is 10.1. The normalized spacial score (nSPS) is 10.6. The summed E-state index contributed by atoms with van der Waals surface area (Å²) in [5, 5.41) is 0. The molecule has 4 heteroatoms. The minimum absolute atomic E-state index is 0.387. The van der Waals surface area contributed by atoms with E-state index in [1.807, 2.05) is 45.0 Å². The Bertz CT molecular complexity index is 613. The predicted molar refractivity (Wildman–Crippen MR) is 82.2 cm³/mol. The van der Waals surface area contributed by atoms with E-state index in [1.165, 1.54) is 5.56 Å². The fraction of sp³-hybridized carbons (Fsp3) is 0.267. The van der Waals surface area contributed by atoms with Crippen molar-refractivity contribution in [2.24, 2.45) is 0 Å². The molecule has 0 amide bonds. The van der Waals surface area contributed by atoms with Gasteiger partial charge in [0.05, 0.1) is 10.4 Å². The highest BCUT2D eigenvalue weighted by Crippen LogP contribution is 2.32. The number of benzene rings is 1. The number of hydrogen-bond donors (Lipinski definition) is 0. The number of rotatable bonds is 3. The molecule has 0 atom stereocenters. The Morgan fingerprint density at radius 1 is 1.21 bits per heavy atom. The first-order valence-corrected chi connectivity index (χ1v) is 7.31. The average Bonchev–Trinajstić information content (AvgIpc) is 2.32. The lowest BCUT2D eigenvalue weighted by molar-refractivity contribution is 0.453. The van der Waals surface area contributed by atoms with Crippen LogP contribution in [0.5, 0.6) is 11.6 Å². The van der Waals surface area contributed by atoms with Gasteiger partial charge >= 0.3 is 0 Å². The third-order valence-electron chi connectivity index (χ3n) is 2.87. The van der Waals surface area contributed by atoms with Gasteiger partial charge in [-0.1, -0.05) is 6.07 Å². The summed E-state index contributed by atoms with van der Waals surface area (Å²) < 4.78 is 6.82. The summed E-state index contributed by atoms with van der Waals surface area (Å²) in [6.45, 7) is 6.00. The summed E-state index contributed by atoms with van der Waals surface area (Å²) in [7, 11) is 0. The average molecular weight is 341 g/mol. The number of nitrogens with zero attached hydrogens (tertiary/aromatic N) is 1. The molecule has 1 heterocycles. The first-order valence-electron chi connectivity index (χ1n) is 5.98. The molecule has 1 aromatic carbocycles. The van der Waals surface area contributed by atoms with Gasteiger partial charge in [-0.15, -0.1) is 11.6 Å². The molecule has 100 valence electrons. The molecule has 0 fully saturated rings. The Morgan fingerprint density at radius 3 is 2.58 bits per heavy atom. The molecule has 0 radical (unpaired) electrons. The molecule has 0 spiro atoms. The van der Waals surface area contributed by atoms with Crippen LogP contribution >= 0.6 is 27.5 Å². The van der Waals surface area contributed by atoms with Crippen molar-refractivity contribution in [2.45, 2.75) is 26.7 Å². The van der Waals surface area contributed by atoms with Crippen molar-refractivity contribution in [3.8, 4) is 11.6 Å². The number of aryl methyl sites for hydroxylation is 3. The molecule has 0 aliphatic heterocycles.